The second kappa shape index (κ2) is 10.8. The number of para-hydroxylation sites is 1. The number of hydrogen-bond donors (Lipinski definition) is 1. The van der Waals surface area contributed by atoms with Gasteiger partial charge in [0.2, 0.25) is 0 Å². The fraction of sp³-hybridized carbons (Fsp3) is 0.357. The number of hydrogen-bond acceptors (Lipinski definition) is 5. The number of halogens is 3. The third-order valence-corrected chi connectivity index (χ3v) is 7.21. The van der Waals surface area contributed by atoms with Gasteiger partial charge in [-0.25, -0.2) is 19.3 Å². The number of alkyl halides is 2. The van der Waals surface area contributed by atoms with Crippen LogP contribution in [0.1, 0.15) is 60.8 Å². The van der Waals surface area contributed by atoms with Crippen LogP contribution in [0.4, 0.5) is 13.2 Å². The Morgan fingerprint density at radius 1 is 1.16 bits per heavy atom. The van der Waals surface area contributed by atoms with Crippen molar-refractivity contribution in [1.29, 1.82) is 0 Å². The maximum absolute atomic E-state index is 15.1. The molecule has 0 unspecified atom stereocenters. The van der Waals surface area contributed by atoms with E-state index in [0.717, 1.165) is 31.4 Å². The Hall–Kier alpha value is -3.95. The lowest BCUT2D eigenvalue weighted by molar-refractivity contribution is -0.138. The van der Waals surface area contributed by atoms with E-state index in [1.807, 2.05) is 0 Å². The van der Waals surface area contributed by atoms with Gasteiger partial charge in [-0.15, -0.1) is 0 Å². The summed E-state index contributed by atoms with van der Waals surface area (Å²) in [5, 5.41) is 9.02. The van der Waals surface area contributed by atoms with Gasteiger partial charge in [0.25, 0.3) is 0 Å². The summed E-state index contributed by atoms with van der Waals surface area (Å²) in [7, 11) is 0. The first-order valence-corrected chi connectivity index (χ1v) is 12.5. The van der Waals surface area contributed by atoms with Crippen LogP contribution in [-0.4, -0.2) is 37.0 Å². The maximum atomic E-state index is 15.1. The molecule has 0 atom stereocenters. The van der Waals surface area contributed by atoms with E-state index in [2.05, 4.69) is 19.7 Å². The molecule has 3 heterocycles. The molecule has 3 aromatic heterocycles. The lowest BCUT2D eigenvalue weighted by Crippen LogP contribution is -2.17. The Morgan fingerprint density at radius 2 is 1.87 bits per heavy atom. The van der Waals surface area contributed by atoms with Crippen molar-refractivity contribution in [3.8, 4) is 16.9 Å². The van der Waals surface area contributed by atoms with Crippen LogP contribution in [0.3, 0.4) is 0 Å². The van der Waals surface area contributed by atoms with Crippen LogP contribution >= 0.6 is 0 Å². The van der Waals surface area contributed by atoms with Crippen LogP contribution < -0.4 is 4.74 Å². The lowest BCUT2D eigenvalue weighted by atomic mass is 9.80. The fourth-order valence-electron chi connectivity index (χ4n) is 5.26. The standard InChI is InChI=1S/C28H27F3N4O3/c1-16-23(11-19-4-2-3-5-24(19)38-28(30)31)35-15-21(22(29)12-25(35)34-16)20-13-32-27(33-14-20)18-8-6-17(7-9-18)10-26(36)37/h2-5,12-15,17-18,28H,6-11H2,1H3,(H,36,37). The fourth-order valence-corrected chi connectivity index (χ4v) is 5.26. The van der Waals surface area contributed by atoms with E-state index in [9.17, 15) is 13.6 Å². The predicted octanol–water partition coefficient (Wildman–Crippen LogP) is 6.18. The summed E-state index contributed by atoms with van der Waals surface area (Å²) in [5.74, 6) is -0.139. The van der Waals surface area contributed by atoms with Crippen LogP contribution in [-0.2, 0) is 11.2 Å². The van der Waals surface area contributed by atoms with Crippen LogP contribution in [0.2, 0.25) is 0 Å². The average Bonchev–Trinajstić information content (AvgIpc) is 3.18. The molecule has 1 aliphatic rings. The molecule has 0 aliphatic heterocycles. The highest BCUT2D eigenvalue weighted by Crippen LogP contribution is 2.36. The minimum atomic E-state index is -2.94. The summed E-state index contributed by atoms with van der Waals surface area (Å²) in [6.45, 7) is -1.15. The first-order chi connectivity index (χ1) is 18.3. The third-order valence-electron chi connectivity index (χ3n) is 7.21. The van der Waals surface area contributed by atoms with E-state index in [0.29, 0.717) is 33.9 Å². The number of aliphatic carboxylic acids is 1. The van der Waals surface area contributed by atoms with Gasteiger partial charge in [-0.1, -0.05) is 18.2 Å². The van der Waals surface area contributed by atoms with Crippen molar-refractivity contribution in [3.63, 3.8) is 0 Å². The lowest BCUT2D eigenvalue weighted by Gasteiger charge is -2.26. The number of rotatable bonds is 8. The van der Waals surface area contributed by atoms with Gasteiger partial charge in [-0.05, 0) is 44.6 Å². The summed E-state index contributed by atoms with van der Waals surface area (Å²) in [6, 6.07) is 7.91. The molecular weight excluding hydrogens is 497 g/mol. The first kappa shape index (κ1) is 25.7. The largest absolute Gasteiger partial charge is 0.481 e. The van der Waals surface area contributed by atoms with E-state index in [4.69, 9.17) is 5.11 Å². The van der Waals surface area contributed by atoms with Gasteiger partial charge in [0, 0.05) is 65.8 Å². The molecule has 1 aromatic carbocycles. The smallest absolute Gasteiger partial charge is 0.387 e. The molecule has 7 nitrogen and oxygen atoms in total. The molecule has 5 rings (SSSR count). The van der Waals surface area contributed by atoms with E-state index in [-0.39, 0.29) is 30.4 Å². The minimum Gasteiger partial charge on any atom is -0.481 e. The second-order valence-corrected chi connectivity index (χ2v) is 9.72. The number of pyridine rings is 1. The third kappa shape index (κ3) is 5.49. The molecule has 4 aromatic rings. The van der Waals surface area contributed by atoms with Crippen molar-refractivity contribution < 1.29 is 27.8 Å². The number of carboxylic acids is 1. The second-order valence-electron chi connectivity index (χ2n) is 9.72. The number of imidazole rings is 1. The molecule has 0 spiro atoms. The molecule has 198 valence electrons. The van der Waals surface area contributed by atoms with Gasteiger partial charge < -0.3 is 14.2 Å². The molecule has 0 saturated heterocycles. The van der Waals surface area contributed by atoms with E-state index >= 15 is 4.39 Å². The number of carbonyl (C=O) groups is 1. The number of ether oxygens (including phenoxy) is 1. The van der Waals surface area contributed by atoms with Crippen LogP contribution in [0.15, 0.2) is 48.9 Å². The Balaban J connectivity index is 1.40. The maximum Gasteiger partial charge on any atom is 0.387 e. The van der Waals surface area contributed by atoms with Crippen molar-refractivity contribution in [2.45, 2.75) is 58.0 Å². The number of fused-ring (bicyclic) bond motifs is 1. The summed E-state index contributed by atoms with van der Waals surface area (Å²) < 4.78 is 47.3. The van der Waals surface area contributed by atoms with E-state index in [1.54, 1.807) is 48.1 Å². The zero-order valence-electron chi connectivity index (χ0n) is 20.8. The summed E-state index contributed by atoms with van der Waals surface area (Å²) in [5.41, 5.74) is 3.15. The van der Waals surface area contributed by atoms with Gasteiger partial charge >= 0.3 is 12.6 Å². The van der Waals surface area contributed by atoms with Crippen molar-refractivity contribution in [1.82, 2.24) is 19.4 Å². The van der Waals surface area contributed by atoms with Gasteiger partial charge in [-0.3, -0.25) is 4.79 Å². The zero-order chi connectivity index (χ0) is 26.8. The zero-order valence-corrected chi connectivity index (χ0v) is 20.8. The van der Waals surface area contributed by atoms with Crippen LogP contribution in [0.5, 0.6) is 5.75 Å². The van der Waals surface area contributed by atoms with Crippen molar-refractivity contribution in [2.24, 2.45) is 5.92 Å². The Bertz CT molecular complexity index is 1450. The number of aromatic nitrogens is 4. The average molecular weight is 525 g/mol. The topological polar surface area (TPSA) is 89.6 Å². The van der Waals surface area contributed by atoms with Crippen LogP contribution in [0, 0.1) is 18.7 Å². The summed E-state index contributed by atoms with van der Waals surface area (Å²) in [4.78, 5) is 24.5. The number of nitrogens with zero attached hydrogens (tertiary/aromatic N) is 4. The quantitative estimate of drug-likeness (QED) is 0.296. The molecule has 1 N–H and O–H groups in total. The van der Waals surface area contributed by atoms with Gasteiger partial charge in [0.15, 0.2) is 0 Å². The van der Waals surface area contributed by atoms with Crippen molar-refractivity contribution >= 4 is 11.6 Å². The van der Waals surface area contributed by atoms with Crippen molar-refractivity contribution in [2.75, 3.05) is 0 Å². The Morgan fingerprint density at radius 3 is 2.55 bits per heavy atom. The van der Waals surface area contributed by atoms with E-state index < -0.39 is 18.4 Å². The van der Waals surface area contributed by atoms with Crippen LogP contribution in [0.25, 0.3) is 16.8 Å². The molecule has 0 amide bonds. The van der Waals surface area contributed by atoms with Crippen molar-refractivity contribution in [3.05, 3.63) is 77.5 Å². The first-order valence-electron chi connectivity index (χ1n) is 12.5. The molecule has 1 saturated carbocycles. The Labute approximate surface area is 217 Å². The summed E-state index contributed by atoms with van der Waals surface area (Å²) in [6.07, 6.45) is 8.58. The molecule has 1 fully saturated rings. The SMILES string of the molecule is Cc1nc2cc(F)c(-c3cnc(C4CCC(CC(=O)O)CC4)nc3)cn2c1Cc1ccccc1OC(F)F. The Kier molecular flexibility index (Phi) is 7.31. The summed E-state index contributed by atoms with van der Waals surface area (Å²) >= 11 is 0. The van der Waals surface area contributed by atoms with Gasteiger partial charge in [-0.2, -0.15) is 8.78 Å². The highest BCUT2D eigenvalue weighted by atomic mass is 19.3. The monoisotopic (exact) mass is 524 g/mol. The minimum absolute atomic E-state index is 0.0835. The number of aryl methyl sites for hydroxylation is 1. The molecular formula is C28H27F3N4O3. The molecule has 0 radical (unpaired) electrons. The van der Waals surface area contributed by atoms with E-state index in [1.165, 1.54) is 12.1 Å². The predicted molar refractivity (Wildman–Crippen MR) is 134 cm³/mol. The molecule has 10 heteroatoms. The highest BCUT2D eigenvalue weighted by molar-refractivity contribution is 5.67. The number of carboxylic acid groups (broad SMARTS) is 1. The molecule has 0 bridgehead atoms. The normalized spacial score (nSPS) is 17.7. The van der Waals surface area contributed by atoms with Gasteiger partial charge in [0.1, 0.15) is 23.0 Å². The highest BCUT2D eigenvalue weighted by Gasteiger charge is 2.26. The molecule has 38 heavy (non-hydrogen) atoms. The number of benzene rings is 1. The molecule has 1 aliphatic carbocycles. The van der Waals surface area contributed by atoms with Gasteiger partial charge in [0.05, 0.1) is 5.69 Å².